The van der Waals surface area contributed by atoms with Gasteiger partial charge in [0.15, 0.2) is 11.0 Å². The molecule has 0 radical (unpaired) electrons. The lowest BCUT2D eigenvalue weighted by molar-refractivity contribution is 0.102. The van der Waals surface area contributed by atoms with Crippen molar-refractivity contribution in [1.29, 1.82) is 0 Å². The summed E-state index contributed by atoms with van der Waals surface area (Å²) in [5.41, 5.74) is 0.0910. The fraction of sp³-hybridized carbons (Fsp3) is 0. The topological polar surface area (TPSA) is 67.8 Å². The van der Waals surface area contributed by atoms with Crippen molar-refractivity contribution in [2.45, 2.75) is 0 Å². The first-order valence-corrected chi connectivity index (χ1v) is 5.42. The first-order valence-electron chi connectivity index (χ1n) is 4.67. The van der Waals surface area contributed by atoms with E-state index in [0.717, 1.165) is 12.4 Å². The molecule has 18 heavy (non-hydrogen) atoms. The standard InChI is InChI=1S/C10H5Cl2FN4O/c11-7-8(12)15-4-16-9(7)17-10(18)5-1-2-14-6(13)3-5/h1-4H,(H,15,16,17,18). The zero-order chi connectivity index (χ0) is 13.1. The van der Waals surface area contributed by atoms with Gasteiger partial charge in [-0.3, -0.25) is 4.79 Å². The molecule has 5 nitrogen and oxygen atoms in total. The van der Waals surface area contributed by atoms with Gasteiger partial charge in [0.25, 0.3) is 5.91 Å². The summed E-state index contributed by atoms with van der Waals surface area (Å²) in [5, 5.41) is 2.43. The van der Waals surface area contributed by atoms with Gasteiger partial charge in [0.05, 0.1) is 0 Å². The van der Waals surface area contributed by atoms with Crippen LogP contribution in [0.1, 0.15) is 10.4 Å². The van der Waals surface area contributed by atoms with Crippen molar-refractivity contribution in [2.24, 2.45) is 0 Å². The molecule has 0 saturated heterocycles. The SMILES string of the molecule is O=C(Nc1ncnc(Cl)c1Cl)c1ccnc(F)c1. The van der Waals surface area contributed by atoms with Crippen LogP contribution < -0.4 is 5.32 Å². The molecule has 0 spiro atoms. The number of carbonyl (C=O) groups excluding carboxylic acids is 1. The second-order valence-electron chi connectivity index (χ2n) is 3.15. The zero-order valence-corrected chi connectivity index (χ0v) is 10.2. The van der Waals surface area contributed by atoms with Gasteiger partial charge in [-0.2, -0.15) is 4.39 Å². The first-order chi connectivity index (χ1) is 8.58. The summed E-state index contributed by atoms with van der Waals surface area (Å²) in [5.74, 6) is -1.28. The number of halogens is 3. The van der Waals surface area contributed by atoms with Crippen LogP contribution in [0.4, 0.5) is 10.2 Å². The lowest BCUT2D eigenvalue weighted by Gasteiger charge is -2.06. The van der Waals surface area contributed by atoms with E-state index in [0.29, 0.717) is 0 Å². The minimum absolute atomic E-state index is 0.0158. The molecule has 92 valence electrons. The Morgan fingerprint density at radius 1 is 1.28 bits per heavy atom. The van der Waals surface area contributed by atoms with Crippen LogP contribution in [0.2, 0.25) is 10.2 Å². The fourth-order valence-electron chi connectivity index (χ4n) is 1.16. The van der Waals surface area contributed by atoms with Crippen LogP contribution >= 0.6 is 23.2 Å². The van der Waals surface area contributed by atoms with E-state index in [-0.39, 0.29) is 21.6 Å². The third-order valence-corrected chi connectivity index (χ3v) is 2.71. The van der Waals surface area contributed by atoms with Gasteiger partial charge in [-0.25, -0.2) is 15.0 Å². The van der Waals surface area contributed by atoms with Crippen LogP contribution in [0, 0.1) is 5.95 Å². The van der Waals surface area contributed by atoms with Gasteiger partial charge in [-0.05, 0) is 6.07 Å². The molecule has 8 heteroatoms. The van der Waals surface area contributed by atoms with Gasteiger partial charge in [-0.15, -0.1) is 0 Å². The summed E-state index contributed by atoms with van der Waals surface area (Å²) >= 11 is 11.5. The van der Waals surface area contributed by atoms with E-state index >= 15 is 0 Å². The molecule has 0 bridgehead atoms. The van der Waals surface area contributed by atoms with Crippen molar-refractivity contribution in [3.05, 3.63) is 46.3 Å². The van der Waals surface area contributed by atoms with Crippen molar-refractivity contribution in [1.82, 2.24) is 15.0 Å². The Morgan fingerprint density at radius 2 is 2.06 bits per heavy atom. The summed E-state index contributed by atoms with van der Waals surface area (Å²) in [7, 11) is 0. The molecular weight excluding hydrogens is 282 g/mol. The number of hydrogen-bond donors (Lipinski definition) is 1. The molecule has 1 amide bonds. The maximum atomic E-state index is 12.8. The second-order valence-corrected chi connectivity index (χ2v) is 3.88. The number of aromatic nitrogens is 3. The number of nitrogens with one attached hydrogen (secondary N) is 1. The van der Waals surface area contributed by atoms with Gasteiger partial charge in [0.2, 0.25) is 5.95 Å². The van der Waals surface area contributed by atoms with Crippen molar-refractivity contribution < 1.29 is 9.18 Å². The number of hydrogen-bond acceptors (Lipinski definition) is 4. The zero-order valence-electron chi connectivity index (χ0n) is 8.69. The highest BCUT2D eigenvalue weighted by molar-refractivity contribution is 6.43. The molecular formula is C10H5Cl2FN4O. The molecule has 0 fully saturated rings. The van der Waals surface area contributed by atoms with E-state index in [4.69, 9.17) is 23.2 Å². The molecule has 0 aliphatic heterocycles. The highest BCUT2D eigenvalue weighted by Gasteiger charge is 2.12. The van der Waals surface area contributed by atoms with Gasteiger partial charge in [0.1, 0.15) is 11.3 Å². The monoisotopic (exact) mass is 286 g/mol. The lowest BCUT2D eigenvalue weighted by atomic mass is 10.2. The third-order valence-electron chi connectivity index (χ3n) is 1.97. The highest BCUT2D eigenvalue weighted by Crippen LogP contribution is 2.25. The molecule has 0 aliphatic carbocycles. The summed E-state index contributed by atoms with van der Waals surface area (Å²) in [6, 6.07) is 2.35. The molecule has 0 atom stereocenters. The molecule has 2 aromatic rings. The summed E-state index contributed by atoms with van der Waals surface area (Å²) in [4.78, 5) is 22.5. The van der Waals surface area contributed by atoms with Crippen molar-refractivity contribution in [2.75, 3.05) is 5.32 Å². The van der Waals surface area contributed by atoms with E-state index in [2.05, 4.69) is 20.3 Å². The van der Waals surface area contributed by atoms with E-state index < -0.39 is 11.9 Å². The Balaban J connectivity index is 2.24. The number of anilines is 1. The molecule has 2 heterocycles. The van der Waals surface area contributed by atoms with Crippen molar-refractivity contribution in [3.8, 4) is 0 Å². The average Bonchev–Trinajstić information content (AvgIpc) is 2.35. The Kier molecular flexibility index (Phi) is 3.69. The summed E-state index contributed by atoms with van der Waals surface area (Å²) < 4.78 is 12.8. The van der Waals surface area contributed by atoms with Crippen LogP contribution in [0.5, 0.6) is 0 Å². The van der Waals surface area contributed by atoms with Gasteiger partial charge >= 0.3 is 0 Å². The molecule has 2 aromatic heterocycles. The Hall–Kier alpha value is -1.79. The summed E-state index contributed by atoms with van der Waals surface area (Å²) in [6.07, 6.45) is 2.33. The van der Waals surface area contributed by atoms with Crippen LogP contribution in [0.15, 0.2) is 24.7 Å². The van der Waals surface area contributed by atoms with E-state index in [9.17, 15) is 9.18 Å². The third kappa shape index (κ3) is 2.72. The van der Waals surface area contributed by atoms with Gasteiger partial charge in [0, 0.05) is 17.8 Å². The highest BCUT2D eigenvalue weighted by atomic mass is 35.5. The maximum Gasteiger partial charge on any atom is 0.257 e. The second kappa shape index (κ2) is 5.24. The normalized spacial score (nSPS) is 10.2. The maximum absolute atomic E-state index is 12.8. The molecule has 1 N–H and O–H groups in total. The largest absolute Gasteiger partial charge is 0.305 e. The molecule has 0 aromatic carbocycles. The minimum Gasteiger partial charge on any atom is -0.305 e. The van der Waals surface area contributed by atoms with Crippen LogP contribution in [0.25, 0.3) is 0 Å². The Labute approximate surface area is 111 Å². The molecule has 0 aliphatic rings. The number of pyridine rings is 1. The van der Waals surface area contributed by atoms with Gasteiger partial charge in [-0.1, -0.05) is 23.2 Å². The van der Waals surface area contributed by atoms with Crippen LogP contribution in [0.3, 0.4) is 0 Å². The quantitative estimate of drug-likeness (QED) is 0.681. The van der Waals surface area contributed by atoms with Crippen molar-refractivity contribution in [3.63, 3.8) is 0 Å². The van der Waals surface area contributed by atoms with E-state index in [1.165, 1.54) is 12.3 Å². The van der Waals surface area contributed by atoms with Crippen molar-refractivity contribution >= 4 is 34.9 Å². The predicted molar refractivity (Wildman–Crippen MR) is 64.2 cm³/mol. The molecule has 0 saturated carbocycles. The fourth-order valence-corrected chi connectivity index (χ4v) is 1.44. The smallest absolute Gasteiger partial charge is 0.257 e. The Morgan fingerprint density at radius 3 is 2.78 bits per heavy atom. The van der Waals surface area contributed by atoms with Crippen LogP contribution in [-0.2, 0) is 0 Å². The number of carbonyl (C=O) groups is 1. The molecule has 0 unspecified atom stereocenters. The van der Waals surface area contributed by atoms with Gasteiger partial charge < -0.3 is 5.32 Å². The average molecular weight is 287 g/mol. The minimum atomic E-state index is -0.755. The lowest BCUT2D eigenvalue weighted by Crippen LogP contribution is -2.14. The summed E-state index contributed by atoms with van der Waals surface area (Å²) in [6.45, 7) is 0. The number of nitrogens with zero attached hydrogens (tertiary/aromatic N) is 3. The number of rotatable bonds is 2. The number of amides is 1. The van der Waals surface area contributed by atoms with Crippen LogP contribution in [-0.4, -0.2) is 20.9 Å². The predicted octanol–water partition coefficient (Wildman–Crippen LogP) is 2.57. The van der Waals surface area contributed by atoms with E-state index in [1.54, 1.807) is 0 Å². The molecule has 2 rings (SSSR count). The first kappa shape index (κ1) is 12.7. The Bertz CT molecular complexity index is 608. The van der Waals surface area contributed by atoms with E-state index in [1.807, 2.05) is 0 Å².